The number of hydrogen-bond donors (Lipinski definition) is 8. The number of ether oxygens (including phenoxy) is 6. The van der Waals surface area contributed by atoms with Crippen molar-refractivity contribution in [3.05, 3.63) is 0 Å². The van der Waals surface area contributed by atoms with Gasteiger partial charge in [-0.15, -0.1) is 0 Å². The van der Waals surface area contributed by atoms with Crippen LogP contribution in [0.1, 0.15) is 86.0 Å². The van der Waals surface area contributed by atoms with E-state index in [-0.39, 0.29) is 37.2 Å². The predicted octanol–water partition coefficient (Wildman–Crippen LogP) is 0.529. The van der Waals surface area contributed by atoms with Crippen molar-refractivity contribution in [3.63, 3.8) is 0 Å². The smallest absolute Gasteiger partial charge is 0.394 e. The second kappa shape index (κ2) is 17.3. The van der Waals surface area contributed by atoms with E-state index in [4.69, 9.17) is 32.6 Å². The van der Waals surface area contributed by atoms with Crippen molar-refractivity contribution in [1.29, 1.82) is 0 Å². The van der Waals surface area contributed by atoms with E-state index in [0.717, 1.165) is 0 Å². The lowest BCUT2D eigenvalue weighted by Gasteiger charge is -2.66. The van der Waals surface area contributed by atoms with Gasteiger partial charge in [-0.2, -0.15) is 8.42 Å². The minimum Gasteiger partial charge on any atom is -0.394 e. The SMILES string of the molecule is CO[C@H]1[C@H](O[C@H]2[C@H](O[C@@H](CC[C@@H](C)[C@H]3C[C@@H](O)C4[C@]5(O)C[C@H](OS(=O)(=O)O)C6[C@@H](O)[C@@H](O)CC[C@]6(C)C5CC[C@@]43C)C(C)C)O[C@H](CO)[C@@H]2O)OC[C@@H](OC)[C@@H]1O. The Morgan fingerprint density at radius 1 is 0.842 bits per heavy atom. The minimum atomic E-state index is -4.99. The highest BCUT2D eigenvalue weighted by Gasteiger charge is 2.72. The average molecular weight is 841 g/mol. The number of aliphatic hydroxyl groups is 7. The van der Waals surface area contributed by atoms with E-state index in [2.05, 4.69) is 13.8 Å². The number of methoxy groups -OCH3 is 2. The van der Waals surface area contributed by atoms with Gasteiger partial charge in [0.25, 0.3) is 0 Å². The van der Waals surface area contributed by atoms with Crippen LogP contribution in [-0.2, 0) is 43.0 Å². The van der Waals surface area contributed by atoms with Crippen LogP contribution in [0.2, 0.25) is 0 Å². The van der Waals surface area contributed by atoms with Gasteiger partial charge in [0.15, 0.2) is 12.6 Å². The molecule has 4 saturated carbocycles. The van der Waals surface area contributed by atoms with E-state index in [9.17, 15) is 48.7 Å². The maximum absolute atomic E-state index is 12.9. The molecule has 2 aliphatic heterocycles. The first-order valence-electron chi connectivity index (χ1n) is 20.7. The summed E-state index contributed by atoms with van der Waals surface area (Å²) in [7, 11) is -2.14. The van der Waals surface area contributed by atoms with E-state index < -0.39 is 131 Å². The van der Waals surface area contributed by atoms with Gasteiger partial charge < -0.3 is 64.2 Å². The van der Waals surface area contributed by atoms with Crippen LogP contribution < -0.4 is 0 Å². The van der Waals surface area contributed by atoms with E-state index in [1.807, 2.05) is 20.8 Å². The van der Waals surface area contributed by atoms with Crippen molar-refractivity contribution in [2.24, 2.45) is 46.3 Å². The Kier molecular flexibility index (Phi) is 13.9. The van der Waals surface area contributed by atoms with Crippen molar-refractivity contribution < 1.29 is 81.3 Å². The van der Waals surface area contributed by atoms with Gasteiger partial charge in [0.05, 0.1) is 49.3 Å². The third-order valence-electron chi connectivity index (χ3n) is 15.4. The monoisotopic (exact) mass is 840 g/mol. The average Bonchev–Trinajstić information content (AvgIpc) is 3.58. The van der Waals surface area contributed by atoms with Crippen LogP contribution in [0.5, 0.6) is 0 Å². The molecule has 21 atom stereocenters. The zero-order valence-corrected chi connectivity index (χ0v) is 35.0. The van der Waals surface area contributed by atoms with Crippen molar-refractivity contribution in [2.75, 3.05) is 27.4 Å². The molecular formula is C39H68O17S. The molecule has 0 spiro atoms. The van der Waals surface area contributed by atoms with Gasteiger partial charge in [0, 0.05) is 32.5 Å². The Morgan fingerprint density at radius 3 is 2.14 bits per heavy atom. The molecule has 18 heteroatoms. The van der Waals surface area contributed by atoms with Crippen molar-refractivity contribution in [2.45, 2.75) is 171 Å². The Hall–Kier alpha value is -0.650. The molecule has 3 unspecified atom stereocenters. The van der Waals surface area contributed by atoms with Crippen molar-refractivity contribution >= 4 is 10.4 Å². The number of hydrogen-bond acceptors (Lipinski definition) is 16. The normalized spacial score (nSPS) is 50.0. The summed E-state index contributed by atoms with van der Waals surface area (Å²) in [6.45, 7) is 9.64. The summed E-state index contributed by atoms with van der Waals surface area (Å²) in [6.07, 6.45) is -9.98. The molecule has 2 heterocycles. The number of rotatable bonds is 14. The third kappa shape index (κ3) is 8.35. The van der Waals surface area contributed by atoms with Gasteiger partial charge in [-0.05, 0) is 79.4 Å². The molecule has 6 aliphatic rings. The van der Waals surface area contributed by atoms with E-state index in [0.29, 0.717) is 38.5 Å². The lowest BCUT2D eigenvalue weighted by Crippen LogP contribution is -2.71. The number of aliphatic hydroxyl groups excluding tert-OH is 6. The molecule has 17 nitrogen and oxygen atoms in total. The first kappa shape index (κ1) is 45.9. The fourth-order valence-electron chi connectivity index (χ4n) is 12.7. The first-order chi connectivity index (χ1) is 26.6. The fraction of sp³-hybridized carbons (Fsp3) is 1.00. The van der Waals surface area contributed by atoms with Gasteiger partial charge in [0.1, 0.15) is 36.6 Å². The number of fused-ring (bicyclic) bond motifs is 5. The molecule has 0 aromatic rings. The Bertz CT molecular complexity index is 1470. The molecule has 2 saturated heterocycles. The quantitative estimate of drug-likeness (QED) is 0.111. The lowest BCUT2D eigenvalue weighted by molar-refractivity contribution is -0.313. The summed E-state index contributed by atoms with van der Waals surface area (Å²) in [5.41, 5.74) is -3.00. The van der Waals surface area contributed by atoms with Gasteiger partial charge >= 0.3 is 10.4 Å². The molecule has 6 rings (SSSR count). The molecule has 8 N–H and O–H groups in total. The Morgan fingerprint density at radius 2 is 1.53 bits per heavy atom. The summed E-state index contributed by atoms with van der Waals surface area (Å²) in [5, 5.41) is 78.5. The molecule has 332 valence electrons. The predicted molar refractivity (Wildman–Crippen MR) is 199 cm³/mol. The standard InChI is InChI=1S/C39H68O17S/c1-18(2)23(53-36-33(30(44)25(16-40)54-36)55-35-32(51-7)31(45)26(50-6)17-52-35)9-8-19(3)20-14-22(42)34-37(20,4)13-11-27-38(5)12-10-21(41)29(43)28(38)24(15-39(27,34)46)56-57(47,48)49/h18-36,40-46H,8-17H2,1-7H3,(H,47,48,49)/t19-,20-,21+,22-,23+,24+,25-,26-,27?,28?,29+,30+,31+,32-,33-,34?,35+,36-,37-,38-,39+/m1/s1. The summed E-state index contributed by atoms with van der Waals surface area (Å²) in [6, 6.07) is 0. The second-order valence-corrected chi connectivity index (χ2v) is 19.9. The second-order valence-electron chi connectivity index (χ2n) is 18.8. The molecule has 6 fully saturated rings. The zero-order chi connectivity index (χ0) is 42.0. The molecule has 4 aliphatic carbocycles. The molecule has 0 bridgehead atoms. The van der Waals surface area contributed by atoms with Crippen LogP contribution in [0.25, 0.3) is 0 Å². The van der Waals surface area contributed by atoms with Crippen LogP contribution in [0.4, 0.5) is 0 Å². The van der Waals surface area contributed by atoms with Gasteiger partial charge in [-0.3, -0.25) is 4.55 Å². The zero-order valence-electron chi connectivity index (χ0n) is 34.2. The van der Waals surface area contributed by atoms with Crippen LogP contribution in [0.15, 0.2) is 0 Å². The van der Waals surface area contributed by atoms with E-state index >= 15 is 0 Å². The highest BCUT2D eigenvalue weighted by molar-refractivity contribution is 7.80. The summed E-state index contributed by atoms with van der Waals surface area (Å²) >= 11 is 0. The highest BCUT2D eigenvalue weighted by atomic mass is 32.3. The fourth-order valence-corrected chi connectivity index (χ4v) is 13.2. The van der Waals surface area contributed by atoms with Crippen molar-refractivity contribution in [3.8, 4) is 0 Å². The third-order valence-corrected chi connectivity index (χ3v) is 15.9. The van der Waals surface area contributed by atoms with E-state index in [1.165, 1.54) is 14.2 Å². The molecule has 0 amide bonds. The topological polar surface area (TPSA) is 261 Å². The molecule has 57 heavy (non-hydrogen) atoms. The van der Waals surface area contributed by atoms with E-state index in [1.54, 1.807) is 0 Å². The molecule has 0 radical (unpaired) electrons. The van der Waals surface area contributed by atoms with Gasteiger partial charge in [-0.1, -0.05) is 34.6 Å². The minimum absolute atomic E-state index is 0.0117. The Balaban J connectivity index is 1.17. The van der Waals surface area contributed by atoms with Gasteiger partial charge in [-0.25, -0.2) is 4.18 Å². The summed E-state index contributed by atoms with van der Waals surface area (Å²) in [4.78, 5) is 0. The van der Waals surface area contributed by atoms with Crippen LogP contribution in [0.3, 0.4) is 0 Å². The summed E-state index contributed by atoms with van der Waals surface area (Å²) < 4.78 is 74.5. The molecule has 0 aromatic carbocycles. The van der Waals surface area contributed by atoms with Crippen molar-refractivity contribution in [1.82, 2.24) is 0 Å². The summed E-state index contributed by atoms with van der Waals surface area (Å²) in [5.74, 6) is -1.97. The maximum Gasteiger partial charge on any atom is 0.397 e. The lowest BCUT2D eigenvalue weighted by atomic mass is 9.41. The van der Waals surface area contributed by atoms with Gasteiger partial charge in [0.2, 0.25) is 0 Å². The molecule has 0 aromatic heterocycles. The van der Waals surface area contributed by atoms with Crippen LogP contribution >= 0.6 is 0 Å². The maximum atomic E-state index is 12.9. The molecular weight excluding hydrogens is 772 g/mol. The Labute approximate surface area is 336 Å². The van der Waals surface area contributed by atoms with Crippen LogP contribution in [-0.4, -0.2) is 161 Å². The largest absolute Gasteiger partial charge is 0.397 e. The first-order valence-corrected chi connectivity index (χ1v) is 22.0. The highest BCUT2D eigenvalue weighted by Crippen LogP contribution is 2.70. The van der Waals surface area contributed by atoms with Crippen LogP contribution in [0, 0.1) is 46.3 Å².